The maximum Gasteiger partial charge on any atom is 0.305 e. The quantitative estimate of drug-likeness (QED) is 0.0320. The molecule has 2 atom stereocenters. The van der Waals surface area contributed by atoms with Gasteiger partial charge in [-0.25, -0.2) is 0 Å². The SMILES string of the molecule is CCCCCCCCCCCCCCC/C=C/C(O)C(CO)NC(=O)CCCCCCCCCCCCC/C=C\CCCCCCCCCCCCCCOC(=O)CCCCCCCCCCCCCCCCC. The Balaban J connectivity index is 3.38. The fourth-order valence-electron chi connectivity index (χ4n) is 10.6. The van der Waals surface area contributed by atoms with E-state index in [4.69, 9.17) is 4.74 Å². The van der Waals surface area contributed by atoms with Crippen LogP contribution in [0.1, 0.15) is 373 Å². The lowest BCUT2D eigenvalue weighted by Gasteiger charge is -2.20. The average Bonchev–Trinajstić information content (AvgIpc) is 3.40. The van der Waals surface area contributed by atoms with Crippen LogP contribution in [0.2, 0.25) is 0 Å². The van der Waals surface area contributed by atoms with Crippen molar-refractivity contribution in [1.29, 1.82) is 0 Å². The van der Waals surface area contributed by atoms with Crippen LogP contribution in [0.15, 0.2) is 24.3 Å². The van der Waals surface area contributed by atoms with Crippen molar-refractivity contribution in [3.05, 3.63) is 24.3 Å². The van der Waals surface area contributed by atoms with Crippen LogP contribution in [-0.4, -0.2) is 47.4 Å². The predicted octanol–water partition coefficient (Wildman–Crippen LogP) is 21.4. The number of esters is 1. The van der Waals surface area contributed by atoms with Gasteiger partial charge in [-0.05, 0) is 57.8 Å². The summed E-state index contributed by atoms with van der Waals surface area (Å²) in [5.41, 5.74) is 0. The molecule has 0 spiro atoms. The van der Waals surface area contributed by atoms with Gasteiger partial charge >= 0.3 is 5.97 Å². The van der Waals surface area contributed by atoms with E-state index in [1.165, 1.54) is 308 Å². The number of rotatable bonds is 63. The largest absolute Gasteiger partial charge is 0.466 e. The Morgan fingerprint density at radius 2 is 0.635 bits per heavy atom. The highest BCUT2D eigenvalue weighted by molar-refractivity contribution is 5.76. The number of aliphatic hydroxyl groups excluding tert-OH is 2. The second-order valence-corrected chi connectivity index (χ2v) is 23.2. The van der Waals surface area contributed by atoms with Crippen LogP contribution in [0.3, 0.4) is 0 Å². The monoisotopic (exact) mass is 1040 g/mol. The number of ether oxygens (including phenoxy) is 1. The van der Waals surface area contributed by atoms with E-state index in [-0.39, 0.29) is 18.5 Å². The molecule has 0 saturated carbocycles. The maximum atomic E-state index is 12.5. The summed E-state index contributed by atoms with van der Waals surface area (Å²) in [5.74, 6) is -0.0485. The molecule has 0 radical (unpaired) electrons. The number of carbonyl (C=O) groups excluding carboxylic acids is 2. The molecule has 0 aromatic heterocycles. The highest BCUT2D eigenvalue weighted by Gasteiger charge is 2.18. The Kier molecular flexibility index (Phi) is 62.4. The number of hydrogen-bond acceptors (Lipinski definition) is 5. The van der Waals surface area contributed by atoms with E-state index in [0.717, 1.165) is 38.5 Å². The molecule has 6 heteroatoms. The zero-order valence-corrected chi connectivity index (χ0v) is 50.1. The summed E-state index contributed by atoms with van der Waals surface area (Å²) in [6, 6.07) is -0.628. The molecule has 0 bridgehead atoms. The first-order valence-corrected chi connectivity index (χ1v) is 33.6. The number of allylic oxidation sites excluding steroid dienone is 3. The molecule has 0 saturated heterocycles. The number of unbranched alkanes of at least 4 members (excludes halogenated alkanes) is 50. The normalized spacial score (nSPS) is 12.6. The molecule has 0 rings (SSSR count). The first-order chi connectivity index (χ1) is 36.5. The van der Waals surface area contributed by atoms with Gasteiger partial charge in [-0.15, -0.1) is 0 Å². The zero-order valence-electron chi connectivity index (χ0n) is 50.1. The lowest BCUT2D eigenvalue weighted by Crippen LogP contribution is -2.45. The van der Waals surface area contributed by atoms with Gasteiger partial charge in [0.25, 0.3) is 0 Å². The van der Waals surface area contributed by atoms with Crippen LogP contribution in [0.4, 0.5) is 0 Å². The minimum atomic E-state index is -0.844. The molecular formula is C68H131NO5. The fraction of sp³-hybridized carbons (Fsp3) is 0.912. The van der Waals surface area contributed by atoms with E-state index in [1.54, 1.807) is 6.08 Å². The van der Waals surface area contributed by atoms with Gasteiger partial charge in [-0.2, -0.15) is 0 Å². The van der Waals surface area contributed by atoms with Gasteiger partial charge in [-0.1, -0.05) is 327 Å². The zero-order chi connectivity index (χ0) is 53.6. The number of aliphatic hydroxyl groups is 2. The minimum Gasteiger partial charge on any atom is -0.466 e. The van der Waals surface area contributed by atoms with Crippen LogP contribution >= 0.6 is 0 Å². The van der Waals surface area contributed by atoms with E-state index in [0.29, 0.717) is 19.4 Å². The molecule has 0 aliphatic heterocycles. The minimum absolute atomic E-state index is 0.0181. The Bertz CT molecular complexity index is 1150. The van der Waals surface area contributed by atoms with Gasteiger partial charge in [0, 0.05) is 12.8 Å². The molecule has 438 valence electrons. The predicted molar refractivity (Wildman–Crippen MR) is 324 cm³/mol. The molecule has 0 fully saturated rings. The van der Waals surface area contributed by atoms with Crippen molar-refractivity contribution in [2.75, 3.05) is 13.2 Å². The van der Waals surface area contributed by atoms with Gasteiger partial charge in [0.05, 0.1) is 25.4 Å². The van der Waals surface area contributed by atoms with Crippen molar-refractivity contribution in [1.82, 2.24) is 5.32 Å². The van der Waals surface area contributed by atoms with Crippen molar-refractivity contribution in [3.8, 4) is 0 Å². The number of amides is 1. The van der Waals surface area contributed by atoms with E-state index in [9.17, 15) is 19.8 Å². The average molecular weight is 1040 g/mol. The third-order valence-electron chi connectivity index (χ3n) is 15.7. The topological polar surface area (TPSA) is 95.9 Å². The molecule has 0 aliphatic carbocycles. The van der Waals surface area contributed by atoms with E-state index in [2.05, 4.69) is 31.3 Å². The lowest BCUT2D eigenvalue weighted by atomic mass is 10.0. The van der Waals surface area contributed by atoms with Gasteiger partial charge in [0.2, 0.25) is 5.91 Å². The summed E-state index contributed by atoms with van der Waals surface area (Å²) in [6.45, 7) is 4.93. The van der Waals surface area contributed by atoms with E-state index in [1.807, 2.05) is 6.08 Å². The summed E-state index contributed by atoms with van der Waals surface area (Å²) >= 11 is 0. The fourth-order valence-corrected chi connectivity index (χ4v) is 10.6. The summed E-state index contributed by atoms with van der Waals surface area (Å²) < 4.78 is 5.50. The molecule has 74 heavy (non-hydrogen) atoms. The van der Waals surface area contributed by atoms with Gasteiger partial charge in [0.15, 0.2) is 0 Å². The van der Waals surface area contributed by atoms with E-state index < -0.39 is 12.1 Å². The van der Waals surface area contributed by atoms with Crippen LogP contribution in [0.5, 0.6) is 0 Å². The summed E-state index contributed by atoms with van der Waals surface area (Å²) in [6.07, 6.45) is 79.6. The molecule has 1 amide bonds. The van der Waals surface area contributed by atoms with Crippen LogP contribution in [0.25, 0.3) is 0 Å². The molecule has 0 aromatic rings. The van der Waals surface area contributed by atoms with E-state index >= 15 is 0 Å². The highest BCUT2D eigenvalue weighted by atomic mass is 16.5. The Labute approximate surface area is 462 Å². The smallest absolute Gasteiger partial charge is 0.305 e. The summed E-state index contributed by atoms with van der Waals surface area (Å²) in [7, 11) is 0. The Morgan fingerprint density at radius 1 is 0.365 bits per heavy atom. The molecule has 3 N–H and O–H groups in total. The Morgan fingerprint density at radius 3 is 0.959 bits per heavy atom. The van der Waals surface area contributed by atoms with Crippen molar-refractivity contribution in [2.45, 2.75) is 386 Å². The van der Waals surface area contributed by atoms with Crippen molar-refractivity contribution >= 4 is 11.9 Å². The summed E-state index contributed by atoms with van der Waals surface area (Å²) in [5, 5.41) is 23.1. The second-order valence-electron chi connectivity index (χ2n) is 23.2. The van der Waals surface area contributed by atoms with Crippen LogP contribution < -0.4 is 5.32 Å². The van der Waals surface area contributed by atoms with Gasteiger partial charge in [0.1, 0.15) is 0 Å². The molecule has 0 heterocycles. The first kappa shape index (κ1) is 72.3. The maximum absolute atomic E-state index is 12.5. The molecule has 0 aliphatic rings. The van der Waals surface area contributed by atoms with Crippen LogP contribution in [-0.2, 0) is 14.3 Å². The van der Waals surface area contributed by atoms with Gasteiger partial charge in [-0.3, -0.25) is 9.59 Å². The third-order valence-corrected chi connectivity index (χ3v) is 15.7. The Hall–Kier alpha value is -1.66. The van der Waals surface area contributed by atoms with Crippen molar-refractivity contribution in [2.24, 2.45) is 0 Å². The first-order valence-electron chi connectivity index (χ1n) is 33.6. The number of carbonyl (C=O) groups is 2. The highest BCUT2D eigenvalue weighted by Crippen LogP contribution is 2.18. The molecule has 6 nitrogen and oxygen atoms in total. The van der Waals surface area contributed by atoms with Gasteiger partial charge < -0.3 is 20.3 Å². The molecule has 0 aromatic carbocycles. The third kappa shape index (κ3) is 59.6. The second kappa shape index (κ2) is 63.9. The standard InChI is InChI=1S/C68H131NO5/c1-3-5-7-9-11-13-15-17-32-36-40-44-48-52-56-60-66(71)65(64-70)69-67(72)61-57-53-49-45-41-37-34-30-28-26-24-22-20-19-21-23-25-27-29-31-35-39-43-47-51-55-59-63-74-68(73)62-58-54-50-46-42-38-33-18-16-14-12-10-8-6-4-2/h19-20,56,60,65-66,70-71H,3-18,21-55,57-59,61-64H2,1-2H3,(H,69,72)/b20-19-,60-56+. The van der Waals surface area contributed by atoms with Crippen LogP contribution in [0, 0.1) is 0 Å². The molecular weight excluding hydrogens is 911 g/mol. The molecule has 2 unspecified atom stereocenters. The number of hydrogen-bond donors (Lipinski definition) is 3. The number of nitrogens with one attached hydrogen (secondary N) is 1. The summed E-state index contributed by atoms with van der Waals surface area (Å²) in [4.78, 5) is 24.5. The lowest BCUT2D eigenvalue weighted by molar-refractivity contribution is -0.143. The van der Waals surface area contributed by atoms with Crippen molar-refractivity contribution < 1.29 is 24.5 Å². The van der Waals surface area contributed by atoms with Crippen molar-refractivity contribution in [3.63, 3.8) is 0 Å².